The van der Waals surface area contributed by atoms with Crippen LogP contribution >= 0.6 is 11.6 Å². The van der Waals surface area contributed by atoms with Gasteiger partial charge in [-0.1, -0.05) is 17.7 Å². The maximum atomic E-state index is 11.1. The number of carbonyl (C=O) groups is 1. The van der Waals surface area contributed by atoms with Crippen molar-refractivity contribution < 1.29 is 14.6 Å². The molecule has 1 unspecified atom stereocenters. The van der Waals surface area contributed by atoms with E-state index in [1.807, 2.05) is 0 Å². The van der Waals surface area contributed by atoms with E-state index >= 15 is 0 Å². The first-order valence-corrected chi connectivity index (χ1v) is 6.43. The zero-order chi connectivity index (χ0) is 13.0. The van der Waals surface area contributed by atoms with Crippen molar-refractivity contribution in [1.29, 1.82) is 0 Å². The lowest BCUT2D eigenvalue weighted by molar-refractivity contribution is 0.0698. The fraction of sp³-hybridized carbons (Fsp3) is 0.462. The van der Waals surface area contributed by atoms with Crippen LogP contribution in [0, 0.1) is 0 Å². The Bertz CT molecular complexity index is 430. The number of hydrogen-bond acceptors (Lipinski definition) is 3. The molecule has 0 saturated carbocycles. The van der Waals surface area contributed by atoms with Gasteiger partial charge in [0.2, 0.25) is 0 Å². The molecule has 0 aliphatic carbocycles. The smallest absolute Gasteiger partial charge is 0.339 e. The van der Waals surface area contributed by atoms with Gasteiger partial charge in [0, 0.05) is 13.2 Å². The molecule has 4 nitrogen and oxygen atoms in total. The Morgan fingerprint density at radius 1 is 1.56 bits per heavy atom. The molecule has 18 heavy (non-hydrogen) atoms. The predicted molar refractivity (Wildman–Crippen MR) is 70.5 cm³/mol. The van der Waals surface area contributed by atoms with E-state index < -0.39 is 5.97 Å². The van der Waals surface area contributed by atoms with E-state index in [9.17, 15) is 4.79 Å². The van der Waals surface area contributed by atoms with Gasteiger partial charge in [0.1, 0.15) is 5.56 Å². The van der Waals surface area contributed by atoms with E-state index in [4.69, 9.17) is 21.4 Å². The van der Waals surface area contributed by atoms with Crippen LogP contribution in [0.4, 0.5) is 5.69 Å². The Morgan fingerprint density at radius 2 is 2.39 bits per heavy atom. The van der Waals surface area contributed by atoms with E-state index in [1.54, 1.807) is 18.2 Å². The SMILES string of the molecule is O=C(O)c1c(Cl)cccc1NCCC1CCCO1. The summed E-state index contributed by atoms with van der Waals surface area (Å²) in [5.74, 6) is -1.01. The van der Waals surface area contributed by atoms with Gasteiger partial charge < -0.3 is 15.2 Å². The topological polar surface area (TPSA) is 58.6 Å². The minimum absolute atomic E-state index is 0.131. The average Bonchev–Trinajstić information content (AvgIpc) is 2.81. The molecule has 0 amide bonds. The number of hydrogen-bond donors (Lipinski definition) is 2. The van der Waals surface area contributed by atoms with Crippen LogP contribution in [0.15, 0.2) is 18.2 Å². The van der Waals surface area contributed by atoms with Gasteiger partial charge in [0.25, 0.3) is 0 Å². The number of carboxylic acids is 1. The molecule has 0 spiro atoms. The summed E-state index contributed by atoms with van der Waals surface area (Å²) < 4.78 is 5.51. The molecular formula is C13H16ClNO3. The highest BCUT2D eigenvalue weighted by Gasteiger charge is 2.16. The van der Waals surface area contributed by atoms with Crippen molar-refractivity contribution in [3.8, 4) is 0 Å². The highest BCUT2D eigenvalue weighted by atomic mass is 35.5. The molecule has 1 heterocycles. The van der Waals surface area contributed by atoms with Crippen LogP contribution in [0.2, 0.25) is 5.02 Å². The highest BCUT2D eigenvalue weighted by molar-refractivity contribution is 6.34. The average molecular weight is 270 g/mol. The summed E-state index contributed by atoms with van der Waals surface area (Å²) in [6, 6.07) is 5.05. The third-order valence-electron chi connectivity index (χ3n) is 3.03. The molecule has 1 atom stereocenters. The predicted octanol–water partition coefficient (Wildman–Crippen LogP) is 3.02. The maximum absolute atomic E-state index is 11.1. The van der Waals surface area contributed by atoms with E-state index in [1.165, 1.54) is 0 Å². The second-order valence-electron chi connectivity index (χ2n) is 4.32. The lowest BCUT2D eigenvalue weighted by atomic mass is 10.1. The van der Waals surface area contributed by atoms with Crippen molar-refractivity contribution in [2.75, 3.05) is 18.5 Å². The standard InChI is InChI=1S/C13H16ClNO3/c14-10-4-1-5-11(12(10)13(16)17)15-7-6-9-3-2-8-18-9/h1,4-5,9,15H,2-3,6-8H2,(H,16,17). The normalized spacial score (nSPS) is 18.8. The minimum Gasteiger partial charge on any atom is -0.478 e. The van der Waals surface area contributed by atoms with E-state index in [0.717, 1.165) is 25.9 Å². The van der Waals surface area contributed by atoms with Crippen LogP contribution in [-0.4, -0.2) is 30.3 Å². The lowest BCUT2D eigenvalue weighted by Gasteiger charge is -2.13. The Labute approximate surface area is 111 Å². The zero-order valence-electron chi connectivity index (χ0n) is 9.99. The number of nitrogens with one attached hydrogen (secondary N) is 1. The highest BCUT2D eigenvalue weighted by Crippen LogP contribution is 2.24. The summed E-state index contributed by atoms with van der Waals surface area (Å²) in [7, 11) is 0. The number of aromatic carboxylic acids is 1. The monoisotopic (exact) mass is 269 g/mol. The van der Waals surface area contributed by atoms with Crippen molar-refractivity contribution in [3.63, 3.8) is 0 Å². The Kier molecular flexibility index (Phi) is 4.44. The molecule has 0 aromatic heterocycles. The first-order chi connectivity index (χ1) is 8.68. The number of rotatable bonds is 5. The number of ether oxygens (including phenoxy) is 1. The van der Waals surface area contributed by atoms with Crippen LogP contribution < -0.4 is 5.32 Å². The van der Waals surface area contributed by atoms with Crippen LogP contribution in [-0.2, 0) is 4.74 Å². The second-order valence-corrected chi connectivity index (χ2v) is 4.73. The summed E-state index contributed by atoms with van der Waals surface area (Å²) >= 11 is 5.88. The second kappa shape index (κ2) is 6.07. The van der Waals surface area contributed by atoms with Gasteiger partial charge in [-0.05, 0) is 31.4 Å². The molecule has 1 aliphatic heterocycles. The largest absolute Gasteiger partial charge is 0.478 e. The molecule has 1 fully saturated rings. The molecule has 1 saturated heterocycles. The van der Waals surface area contributed by atoms with Gasteiger partial charge in [-0.3, -0.25) is 0 Å². The van der Waals surface area contributed by atoms with Crippen molar-refractivity contribution in [2.45, 2.75) is 25.4 Å². The molecule has 1 aromatic rings. The van der Waals surface area contributed by atoms with Crippen molar-refractivity contribution in [3.05, 3.63) is 28.8 Å². The number of halogens is 1. The molecule has 1 aliphatic rings. The van der Waals surface area contributed by atoms with E-state index in [-0.39, 0.29) is 10.6 Å². The molecule has 0 bridgehead atoms. The first-order valence-electron chi connectivity index (χ1n) is 6.06. The minimum atomic E-state index is -1.01. The molecule has 0 radical (unpaired) electrons. The quantitative estimate of drug-likeness (QED) is 0.863. The Hall–Kier alpha value is -1.26. The lowest BCUT2D eigenvalue weighted by Crippen LogP contribution is -2.14. The summed E-state index contributed by atoms with van der Waals surface area (Å²) in [5.41, 5.74) is 0.694. The van der Waals surface area contributed by atoms with Crippen LogP contribution in [0.25, 0.3) is 0 Å². The number of carboxylic acid groups (broad SMARTS) is 1. The summed E-state index contributed by atoms with van der Waals surface area (Å²) in [4.78, 5) is 11.1. The van der Waals surface area contributed by atoms with Crippen molar-refractivity contribution in [1.82, 2.24) is 0 Å². The van der Waals surface area contributed by atoms with E-state index in [2.05, 4.69) is 5.32 Å². The molecular weight excluding hydrogens is 254 g/mol. The molecule has 2 N–H and O–H groups in total. The maximum Gasteiger partial charge on any atom is 0.339 e. The third-order valence-corrected chi connectivity index (χ3v) is 3.35. The van der Waals surface area contributed by atoms with Gasteiger partial charge in [-0.25, -0.2) is 4.79 Å². The van der Waals surface area contributed by atoms with Gasteiger partial charge >= 0.3 is 5.97 Å². The molecule has 2 rings (SSSR count). The van der Waals surface area contributed by atoms with Gasteiger partial charge in [0.05, 0.1) is 16.8 Å². The Balaban J connectivity index is 1.96. The van der Waals surface area contributed by atoms with Crippen LogP contribution in [0.3, 0.4) is 0 Å². The molecule has 1 aromatic carbocycles. The molecule has 98 valence electrons. The summed E-state index contributed by atoms with van der Waals surface area (Å²) in [6.07, 6.45) is 3.38. The number of anilines is 1. The van der Waals surface area contributed by atoms with Crippen molar-refractivity contribution in [2.24, 2.45) is 0 Å². The van der Waals surface area contributed by atoms with Crippen LogP contribution in [0.5, 0.6) is 0 Å². The zero-order valence-corrected chi connectivity index (χ0v) is 10.7. The summed E-state index contributed by atoms with van der Waals surface area (Å²) in [6.45, 7) is 1.52. The summed E-state index contributed by atoms with van der Waals surface area (Å²) in [5, 5.41) is 12.5. The first kappa shape index (κ1) is 13.2. The van der Waals surface area contributed by atoms with Gasteiger partial charge in [-0.2, -0.15) is 0 Å². The Morgan fingerprint density at radius 3 is 3.06 bits per heavy atom. The van der Waals surface area contributed by atoms with Crippen LogP contribution in [0.1, 0.15) is 29.6 Å². The fourth-order valence-corrected chi connectivity index (χ4v) is 2.38. The third kappa shape index (κ3) is 3.15. The fourth-order valence-electron chi connectivity index (χ4n) is 2.13. The van der Waals surface area contributed by atoms with E-state index in [0.29, 0.717) is 18.3 Å². The van der Waals surface area contributed by atoms with Gasteiger partial charge in [-0.15, -0.1) is 0 Å². The van der Waals surface area contributed by atoms with Gasteiger partial charge in [0.15, 0.2) is 0 Å². The van der Waals surface area contributed by atoms with Crippen molar-refractivity contribution >= 4 is 23.3 Å². The number of benzene rings is 1. The molecule has 5 heteroatoms.